The maximum absolute atomic E-state index is 12.1. The van der Waals surface area contributed by atoms with E-state index >= 15 is 0 Å². The van der Waals surface area contributed by atoms with Crippen LogP contribution in [-0.4, -0.2) is 24.9 Å². The number of fused-ring (bicyclic) bond motifs is 1. The molecule has 0 unspecified atom stereocenters. The highest BCUT2D eigenvalue weighted by Crippen LogP contribution is 2.33. The second-order valence-electron chi connectivity index (χ2n) is 7.10. The number of hydrogen-bond acceptors (Lipinski definition) is 4. The molecule has 1 saturated carbocycles. The monoisotopic (exact) mass is 365 g/mol. The number of ether oxygens (including phenoxy) is 2. The van der Waals surface area contributed by atoms with Crippen LogP contribution in [0.1, 0.15) is 41.6 Å². The average molecular weight is 365 g/mol. The Kier molecular flexibility index (Phi) is 5.10. The zero-order valence-corrected chi connectivity index (χ0v) is 15.2. The van der Waals surface area contributed by atoms with Crippen LogP contribution in [0.4, 0.5) is 5.69 Å². The number of ketones is 1. The lowest BCUT2D eigenvalue weighted by Crippen LogP contribution is -2.15. The molecule has 0 atom stereocenters. The Hall–Kier alpha value is -2.82. The number of amides is 1. The maximum atomic E-state index is 12.1. The fourth-order valence-electron chi connectivity index (χ4n) is 3.22. The molecule has 5 heteroatoms. The average Bonchev–Trinajstić information content (AvgIpc) is 3.53. The summed E-state index contributed by atoms with van der Waals surface area (Å²) in [5.41, 5.74) is 2.59. The summed E-state index contributed by atoms with van der Waals surface area (Å²) >= 11 is 0. The molecule has 0 saturated heterocycles. The number of nitrogens with one attached hydrogen (secondary N) is 1. The first kappa shape index (κ1) is 17.6. The van der Waals surface area contributed by atoms with Gasteiger partial charge in [0.15, 0.2) is 17.3 Å². The van der Waals surface area contributed by atoms with E-state index in [1.165, 1.54) is 0 Å². The number of Topliss-reactive ketones (excluding diaryl/α,β-unsaturated/α-hetero) is 1. The van der Waals surface area contributed by atoms with E-state index in [9.17, 15) is 9.59 Å². The third kappa shape index (κ3) is 4.48. The topological polar surface area (TPSA) is 64.6 Å². The van der Waals surface area contributed by atoms with Crippen molar-refractivity contribution in [2.75, 3.05) is 18.5 Å². The zero-order valence-electron chi connectivity index (χ0n) is 15.2. The molecule has 0 aromatic heterocycles. The first-order valence-corrected chi connectivity index (χ1v) is 9.52. The van der Waals surface area contributed by atoms with Crippen LogP contribution in [0.15, 0.2) is 42.5 Å². The lowest BCUT2D eigenvalue weighted by molar-refractivity contribution is -0.116. The number of rotatable bonds is 7. The van der Waals surface area contributed by atoms with Gasteiger partial charge in [0.1, 0.15) is 13.2 Å². The predicted octanol–water partition coefficient (Wildman–Crippen LogP) is 4.01. The summed E-state index contributed by atoms with van der Waals surface area (Å²) in [5.74, 6) is 1.97. The molecule has 5 nitrogen and oxygen atoms in total. The van der Waals surface area contributed by atoms with Gasteiger partial charge in [-0.2, -0.15) is 0 Å². The molecule has 4 rings (SSSR count). The molecule has 1 aliphatic carbocycles. The van der Waals surface area contributed by atoms with Crippen LogP contribution >= 0.6 is 0 Å². The first-order chi connectivity index (χ1) is 13.2. The van der Waals surface area contributed by atoms with E-state index < -0.39 is 0 Å². The van der Waals surface area contributed by atoms with Gasteiger partial charge in [-0.25, -0.2) is 0 Å². The largest absolute Gasteiger partial charge is 0.486 e. The molecule has 0 radical (unpaired) electrons. The fraction of sp³-hybridized carbons (Fsp3) is 0.364. The second-order valence-corrected chi connectivity index (χ2v) is 7.10. The molecule has 140 valence electrons. The quantitative estimate of drug-likeness (QED) is 0.753. The molecule has 1 N–H and O–H groups in total. The van der Waals surface area contributed by atoms with E-state index in [4.69, 9.17) is 9.47 Å². The van der Waals surface area contributed by atoms with Crippen LogP contribution in [0, 0.1) is 5.92 Å². The zero-order chi connectivity index (χ0) is 18.6. The Morgan fingerprint density at radius 2 is 1.70 bits per heavy atom. The lowest BCUT2D eigenvalue weighted by atomic mass is 10.1. The van der Waals surface area contributed by atoms with Crippen molar-refractivity contribution in [1.82, 2.24) is 0 Å². The summed E-state index contributed by atoms with van der Waals surface area (Å²) in [6, 6.07) is 13.1. The summed E-state index contributed by atoms with van der Waals surface area (Å²) in [6.45, 7) is 1.16. The maximum Gasteiger partial charge on any atom is 0.224 e. The highest BCUT2D eigenvalue weighted by molar-refractivity contribution is 6.00. The van der Waals surface area contributed by atoms with Gasteiger partial charge in [0.25, 0.3) is 0 Å². The molecule has 1 amide bonds. The van der Waals surface area contributed by atoms with E-state index in [-0.39, 0.29) is 17.6 Å². The van der Waals surface area contributed by atoms with Crippen LogP contribution in [0.2, 0.25) is 0 Å². The predicted molar refractivity (Wildman–Crippen MR) is 102 cm³/mol. The molecule has 0 bridgehead atoms. The first-order valence-electron chi connectivity index (χ1n) is 9.52. The van der Waals surface area contributed by atoms with Crippen molar-refractivity contribution in [2.24, 2.45) is 5.92 Å². The van der Waals surface area contributed by atoms with Gasteiger partial charge in [0, 0.05) is 23.6 Å². The second kappa shape index (κ2) is 7.82. The van der Waals surface area contributed by atoms with Crippen molar-refractivity contribution in [1.29, 1.82) is 0 Å². The Morgan fingerprint density at radius 3 is 2.44 bits per heavy atom. The normalized spacial score (nSPS) is 15.3. The summed E-state index contributed by atoms with van der Waals surface area (Å²) < 4.78 is 11.1. The van der Waals surface area contributed by atoms with Gasteiger partial charge in [-0.05, 0) is 67.6 Å². The Balaban J connectivity index is 1.24. The van der Waals surface area contributed by atoms with E-state index in [1.54, 1.807) is 24.3 Å². The molecule has 27 heavy (non-hydrogen) atoms. The molecular weight excluding hydrogens is 342 g/mol. The van der Waals surface area contributed by atoms with Crippen LogP contribution in [0.25, 0.3) is 0 Å². The molecular formula is C22H23NO4. The summed E-state index contributed by atoms with van der Waals surface area (Å²) in [7, 11) is 0. The number of aryl methyl sites for hydroxylation is 1. The Morgan fingerprint density at radius 1 is 0.963 bits per heavy atom. The highest BCUT2D eigenvalue weighted by atomic mass is 16.6. The summed E-state index contributed by atoms with van der Waals surface area (Å²) in [6.07, 6.45) is 4.00. The number of benzene rings is 2. The van der Waals surface area contributed by atoms with E-state index in [2.05, 4.69) is 5.32 Å². The van der Waals surface area contributed by atoms with Crippen molar-refractivity contribution in [3.63, 3.8) is 0 Å². The van der Waals surface area contributed by atoms with Crippen molar-refractivity contribution < 1.29 is 19.1 Å². The van der Waals surface area contributed by atoms with E-state index in [0.717, 1.165) is 54.0 Å². The van der Waals surface area contributed by atoms with E-state index in [1.807, 2.05) is 18.2 Å². The number of carbonyl (C=O) groups is 2. The molecule has 2 aromatic rings. The number of carbonyl (C=O) groups excluding carboxylic acids is 2. The summed E-state index contributed by atoms with van der Waals surface area (Å²) in [5, 5.41) is 2.89. The van der Waals surface area contributed by atoms with Crippen molar-refractivity contribution in [3.05, 3.63) is 53.6 Å². The van der Waals surface area contributed by atoms with Gasteiger partial charge in [-0.3, -0.25) is 9.59 Å². The minimum atomic E-state index is -0.0196. The lowest BCUT2D eigenvalue weighted by Gasteiger charge is -2.18. The minimum Gasteiger partial charge on any atom is -0.486 e. The minimum absolute atomic E-state index is 0.0196. The molecule has 1 fully saturated rings. The van der Waals surface area contributed by atoms with Gasteiger partial charge in [0.2, 0.25) is 5.91 Å². The van der Waals surface area contributed by atoms with Crippen LogP contribution in [0.5, 0.6) is 11.5 Å². The van der Waals surface area contributed by atoms with Crippen molar-refractivity contribution in [2.45, 2.75) is 32.1 Å². The van der Waals surface area contributed by atoms with Gasteiger partial charge >= 0.3 is 0 Å². The van der Waals surface area contributed by atoms with Crippen molar-refractivity contribution >= 4 is 17.4 Å². The number of hydrogen-bond donors (Lipinski definition) is 1. The standard InChI is InChI=1S/C22H23NO4/c24-21(23-18-9-7-17(8-10-18)22(25)16-5-6-16)3-1-2-15-4-11-19-20(14-15)27-13-12-26-19/h4,7-11,14,16H,1-3,5-6,12-13H2,(H,23,24). The molecule has 1 aliphatic heterocycles. The third-order valence-corrected chi connectivity index (χ3v) is 4.88. The van der Waals surface area contributed by atoms with E-state index in [0.29, 0.717) is 19.6 Å². The van der Waals surface area contributed by atoms with Gasteiger partial charge in [-0.15, -0.1) is 0 Å². The van der Waals surface area contributed by atoms with Crippen LogP contribution < -0.4 is 14.8 Å². The third-order valence-electron chi connectivity index (χ3n) is 4.88. The Bertz CT molecular complexity index is 840. The molecule has 1 heterocycles. The van der Waals surface area contributed by atoms with Gasteiger partial charge in [0.05, 0.1) is 0 Å². The molecule has 2 aromatic carbocycles. The Labute approximate surface area is 158 Å². The van der Waals surface area contributed by atoms with Gasteiger partial charge in [-0.1, -0.05) is 6.07 Å². The fourth-order valence-corrected chi connectivity index (χ4v) is 3.22. The van der Waals surface area contributed by atoms with Crippen LogP contribution in [0.3, 0.4) is 0 Å². The smallest absolute Gasteiger partial charge is 0.224 e. The van der Waals surface area contributed by atoms with Crippen molar-refractivity contribution in [3.8, 4) is 11.5 Å². The number of anilines is 1. The highest BCUT2D eigenvalue weighted by Gasteiger charge is 2.30. The molecule has 0 spiro atoms. The SMILES string of the molecule is O=C(CCCc1ccc2c(c1)OCCO2)Nc1ccc(C(=O)C2CC2)cc1. The summed E-state index contributed by atoms with van der Waals surface area (Å²) in [4.78, 5) is 24.2. The molecule has 2 aliphatic rings. The van der Waals surface area contributed by atoms with Crippen LogP contribution in [-0.2, 0) is 11.2 Å². The van der Waals surface area contributed by atoms with Gasteiger partial charge < -0.3 is 14.8 Å².